The topological polar surface area (TPSA) is 56.1 Å². The number of anilines is 1. The van der Waals surface area contributed by atoms with Crippen LogP contribution >= 0.6 is 0 Å². The van der Waals surface area contributed by atoms with Crippen molar-refractivity contribution < 1.29 is 0 Å². The quantitative estimate of drug-likeness (QED) is 0.773. The van der Waals surface area contributed by atoms with Gasteiger partial charge in [-0.2, -0.15) is 5.26 Å². The van der Waals surface area contributed by atoms with Gasteiger partial charge >= 0.3 is 0 Å². The Morgan fingerprint density at radius 2 is 1.94 bits per heavy atom. The molecule has 2 heterocycles. The number of rotatable bonds is 3. The summed E-state index contributed by atoms with van der Waals surface area (Å²) in [5, 5.41) is 8.69. The van der Waals surface area contributed by atoms with Crippen LogP contribution < -0.4 is 4.90 Å². The van der Waals surface area contributed by atoms with Gasteiger partial charge in [0.05, 0.1) is 12.5 Å². The SMILES string of the molecule is C[C@@H](CC#N)N1CCN(c2ncccn2)CC1. The Bertz CT molecular complexity index is 378. The molecule has 90 valence electrons. The van der Waals surface area contributed by atoms with Gasteiger partial charge in [0, 0.05) is 44.6 Å². The van der Waals surface area contributed by atoms with Crippen LogP contribution in [-0.2, 0) is 0 Å². The molecule has 0 aliphatic carbocycles. The number of nitrogens with zero attached hydrogens (tertiary/aromatic N) is 5. The maximum Gasteiger partial charge on any atom is 0.225 e. The number of aromatic nitrogens is 2. The molecule has 0 unspecified atom stereocenters. The van der Waals surface area contributed by atoms with Crippen molar-refractivity contribution >= 4 is 5.95 Å². The molecule has 0 spiro atoms. The van der Waals surface area contributed by atoms with Crippen LogP contribution in [0.3, 0.4) is 0 Å². The molecule has 5 heteroatoms. The van der Waals surface area contributed by atoms with Gasteiger partial charge in [-0.15, -0.1) is 0 Å². The second-order valence-corrected chi connectivity index (χ2v) is 4.28. The summed E-state index contributed by atoms with van der Waals surface area (Å²) in [5.41, 5.74) is 0. The van der Waals surface area contributed by atoms with Crippen molar-refractivity contribution in [2.24, 2.45) is 0 Å². The fraction of sp³-hybridized carbons (Fsp3) is 0.583. The third-order valence-corrected chi connectivity index (χ3v) is 3.16. The minimum atomic E-state index is 0.346. The highest BCUT2D eigenvalue weighted by atomic mass is 15.3. The van der Waals surface area contributed by atoms with Gasteiger partial charge in [0.2, 0.25) is 5.95 Å². The van der Waals surface area contributed by atoms with Crippen molar-refractivity contribution in [2.45, 2.75) is 19.4 Å². The first kappa shape index (κ1) is 11.8. The van der Waals surface area contributed by atoms with Gasteiger partial charge in [-0.05, 0) is 13.0 Å². The van der Waals surface area contributed by atoms with Crippen molar-refractivity contribution in [3.63, 3.8) is 0 Å². The normalized spacial score (nSPS) is 18.7. The zero-order valence-corrected chi connectivity index (χ0v) is 10.1. The largest absolute Gasteiger partial charge is 0.338 e. The van der Waals surface area contributed by atoms with E-state index in [9.17, 15) is 0 Å². The van der Waals surface area contributed by atoms with E-state index in [0.717, 1.165) is 32.1 Å². The van der Waals surface area contributed by atoms with Crippen LogP contribution in [0.15, 0.2) is 18.5 Å². The van der Waals surface area contributed by atoms with Gasteiger partial charge in [-0.3, -0.25) is 4.90 Å². The molecule has 1 aliphatic rings. The van der Waals surface area contributed by atoms with Crippen molar-refractivity contribution in [1.82, 2.24) is 14.9 Å². The second-order valence-electron chi connectivity index (χ2n) is 4.28. The number of hydrogen-bond acceptors (Lipinski definition) is 5. The molecule has 1 aliphatic heterocycles. The van der Waals surface area contributed by atoms with Gasteiger partial charge in [0.25, 0.3) is 0 Å². The zero-order valence-electron chi connectivity index (χ0n) is 10.1. The van der Waals surface area contributed by atoms with Gasteiger partial charge < -0.3 is 4.90 Å². The van der Waals surface area contributed by atoms with Crippen LogP contribution in [0.1, 0.15) is 13.3 Å². The fourth-order valence-corrected chi connectivity index (χ4v) is 2.08. The summed E-state index contributed by atoms with van der Waals surface area (Å²) in [6.07, 6.45) is 4.14. The second kappa shape index (κ2) is 5.60. The lowest BCUT2D eigenvalue weighted by Crippen LogP contribution is -2.50. The first-order chi connectivity index (χ1) is 8.31. The number of hydrogen-bond donors (Lipinski definition) is 0. The minimum Gasteiger partial charge on any atom is -0.338 e. The van der Waals surface area contributed by atoms with Crippen LogP contribution in [0.5, 0.6) is 0 Å². The van der Waals surface area contributed by atoms with Crippen molar-refractivity contribution in [2.75, 3.05) is 31.1 Å². The molecule has 0 amide bonds. The van der Waals surface area contributed by atoms with Crippen LogP contribution in [0.25, 0.3) is 0 Å². The predicted molar refractivity (Wildman–Crippen MR) is 65.5 cm³/mol. The minimum absolute atomic E-state index is 0.346. The summed E-state index contributed by atoms with van der Waals surface area (Å²) >= 11 is 0. The summed E-state index contributed by atoms with van der Waals surface area (Å²) in [5.74, 6) is 0.806. The lowest BCUT2D eigenvalue weighted by Gasteiger charge is -2.37. The highest BCUT2D eigenvalue weighted by Gasteiger charge is 2.21. The predicted octanol–water partition coefficient (Wildman–Crippen LogP) is 0.901. The maximum atomic E-state index is 8.69. The standard InChI is InChI=1S/C12H17N5/c1-11(3-4-13)16-7-9-17(10-8-16)12-14-5-2-6-15-12/h2,5-6,11H,3,7-10H2,1H3/t11-/m0/s1. The Hall–Kier alpha value is -1.67. The summed E-state index contributed by atoms with van der Waals surface area (Å²) in [7, 11) is 0. The van der Waals surface area contributed by atoms with Crippen molar-refractivity contribution in [3.05, 3.63) is 18.5 Å². The first-order valence-electron chi connectivity index (χ1n) is 5.94. The van der Waals surface area contributed by atoms with E-state index in [1.54, 1.807) is 12.4 Å². The van der Waals surface area contributed by atoms with Gasteiger partial charge in [0.1, 0.15) is 0 Å². The number of piperazine rings is 1. The Labute approximate surface area is 102 Å². The Balaban J connectivity index is 1.89. The van der Waals surface area contributed by atoms with E-state index in [2.05, 4.69) is 32.8 Å². The molecule has 0 N–H and O–H groups in total. The monoisotopic (exact) mass is 231 g/mol. The third kappa shape index (κ3) is 2.92. The molecule has 0 bridgehead atoms. The molecule has 0 saturated carbocycles. The van der Waals surface area contributed by atoms with E-state index < -0.39 is 0 Å². The van der Waals surface area contributed by atoms with Gasteiger partial charge in [-0.25, -0.2) is 9.97 Å². The van der Waals surface area contributed by atoms with Crippen LogP contribution in [0.4, 0.5) is 5.95 Å². The van der Waals surface area contributed by atoms with E-state index >= 15 is 0 Å². The van der Waals surface area contributed by atoms with Crippen molar-refractivity contribution in [1.29, 1.82) is 5.26 Å². The summed E-state index contributed by atoms with van der Waals surface area (Å²) in [6, 6.07) is 4.40. The summed E-state index contributed by atoms with van der Waals surface area (Å²) in [6.45, 7) is 5.92. The van der Waals surface area contributed by atoms with Gasteiger partial charge in [-0.1, -0.05) is 0 Å². The van der Waals surface area contributed by atoms with E-state index in [4.69, 9.17) is 5.26 Å². The average Bonchev–Trinajstić information content (AvgIpc) is 2.40. The molecule has 1 aromatic heterocycles. The van der Waals surface area contributed by atoms with Crippen LogP contribution in [-0.4, -0.2) is 47.1 Å². The lowest BCUT2D eigenvalue weighted by molar-refractivity contribution is 0.198. The fourth-order valence-electron chi connectivity index (χ4n) is 2.08. The molecule has 5 nitrogen and oxygen atoms in total. The van der Waals surface area contributed by atoms with E-state index in [0.29, 0.717) is 12.5 Å². The highest BCUT2D eigenvalue weighted by Crippen LogP contribution is 2.12. The average molecular weight is 231 g/mol. The molecule has 0 radical (unpaired) electrons. The van der Waals surface area contributed by atoms with Crippen LogP contribution in [0.2, 0.25) is 0 Å². The Morgan fingerprint density at radius 1 is 1.29 bits per heavy atom. The van der Waals surface area contributed by atoms with E-state index in [-0.39, 0.29) is 0 Å². The lowest BCUT2D eigenvalue weighted by atomic mass is 10.2. The molecule has 17 heavy (non-hydrogen) atoms. The molecule has 1 saturated heterocycles. The molecule has 1 fully saturated rings. The van der Waals surface area contributed by atoms with Crippen LogP contribution in [0, 0.1) is 11.3 Å². The molecule has 1 aromatic rings. The first-order valence-corrected chi connectivity index (χ1v) is 5.94. The van der Waals surface area contributed by atoms with Crippen molar-refractivity contribution in [3.8, 4) is 6.07 Å². The van der Waals surface area contributed by atoms with E-state index in [1.807, 2.05) is 6.07 Å². The third-order valence-electron chi connectivity index (χ3n) is 3.16. The Morgan fingerprint density at radius 3 is 2.53 bits per heavy atom. The molecular formula is C12H17N5. The molecule has 1 atom stereocenters. The highest BCUT2D eigenvalue weighted by molar-refractivity contribution is 5.29. The molecule has 0 aromatic carbocycles. The summed E-state index contributed by atoms with van der Waals surface area (Å²) < 4.78 is 0. The molecule has 2 rings (SSSR count). The smallest absolute Gasteiger partial charge is 0.225 e. The van der Waals surface area contributed by atoms with Gasteiger partial charge in [0.15, 0.2) is 0 Å². The number of nitriles is 1. The molecular weight excluding hydrogens is 214 g/mol. The Kier molecular flexibility index (Phi) is 3.89. The maximum absolute atomic E-state index is 8.69. The zero-order chi connectivity index (χ0) is 12.1. The van der Waals surface area contributed by atoms with E-state index in [1.165, 1.54) is 0 Å². The summed E-state index contributed by atoms with van der Waals surface area (Å²) in [4.78, 5) is 13.0.